The van der Waals surface area contributed by atoms with E-state index in [0.29, 0.717) is 17.4 Å². The number of rotatable bonds is 35. The Morgan fingerprint density at radius 3 is 1.67 bits per heavy atom. The molecule has 51 heavy (non-hydrogen) atoms. The third kappa shape index (κ3) is 37.5. The smallest absolute Gasteiger partial charge is 0.462 e. The predicted molar refractivity (Wildman–Crippen MR) is 210 cm³/mol. The van der Waals surface area contributed by atoms with Gasteiger partial charge in [0.2, 0.25) is 0 Å². The molecule has 0 aromatic rings. The fourth-order valence-electron chi connectivity index (χ4n) is 5.08. The molecule has 10 heteroatoms. The molecule has 0 aliphatic carbocycles. The molecule has 0 saturated heterocycles. The van der Waals surface area contributed by atoms with Crippen LogP contribution in [0.1, 0.15) is 149 Å². The van der Waals surface area contributed by atoms with Crippen LogP contribution in [0.4, 0.5) is 0 Å². The van der Waals surface area contributed by atoms with Crippen molar-refractivity contribution in [3.8, 4) is 0 Å². The first-order valence-corrected chi connectivity index (χ1v) is 21.4. The third-order valence-electron chi connectivity index (χ3n) is 8.22. The van der Waals surface area contributed by atoms with E-state index in [2.05, 4.69) is 26.0 Å². The van der Waals surface area contributed by atoms with E-state index in [9.17, 15) is 19.0 Å². The minimum atomic E-state index is -4.38. The molecule has 0 saturated carbocycles. The molecular weight excluding hydrogens is 665 g/mol. The van der Waals surface area contributed by atoms with E-state index in [1.165, 1.54) is 70.6 Å². The van der Waals surface area contributed by atoms with Gasteiger partial charge in [-0.3, -0.25) is 18.6 Å². The molecule has 296 valence electrons. The van der Waals surface area contributed by atoms with Gasteiger partial charge >= 0.3 is 19.8 Å². The highest BCUT2D eigenvalue weighted by Gasteiger charge is 2.27. The Labute approximate surface area is 312 Å². The van der Waals surface area contributed by atoms with Gasteiger partial charge in [-0.15, -0.1) is 0 Å². The molecule has 0 amide bonds. The van der Waals surface area contributed by atoms with Crippen molar-refractivity contribution < 1.29 is 42.1 Å². The number of carbonyl (C=O) groups is 2. The number of allylic oxidation sites excluding steroid dienone is 8. The molecule has 0 rings (SSSR count). The zero-order valence-corrected chi connectivity index (χ0v) is 34.0. The first-order valence-electron chi connectivity index (χ1n) is 19.9. The zero-order chi connectivity index (χ0) is 37.9. The first kappa shape index (κ1) is 49.0. The number of quaternary nitrogens is 1. The Morgan fingerprint density at radius 2 is 1.12 bits per heavy atom. The molecule has 0 radical (unpaired) electrons. The normalized spacial score (nSPS) is 14.2. The van der Waals surface area contributed by atoms with Gasteiger partial charge in [-0.05, 0) is 32.1 Å². The van der Waals surface area contributed by atoms with E-state index in [0.717, 1.165) is 44.9 Å². The highest BCUT2D eigenvalue weighted by molar-refractivity contribution is 7.47. The molecule has 0 fully saturated rings. The topological polar surface area (TPSA) is 108 Å². The van der Waals surface area contributed by atoms with Crippen LogP contribution in [-0.2, 0) is 32.7 Å². The number of esters is 2. The largest absolute Gasteiger partial charge is 0.472 e. The quantitative estimate of drug-likeness (QED) is 0.0225. The SMILES string of the molecule is CC/C=C/C=C/C=C/C=C/CCCCCC(=O)OC(COC(=O)CCCCCCCCCCCCCCCC)COP(=O)(O)OCC[N+](C)(C)C. The minimum Gasteiger partial charge on any atom is -0.462 e. The Kier molecular flexibility index (Phi) is 32.4. The van der Waals surface area contributed by atoms with Crippen LogP contribution in [0, 0.1) is 0 Å². The van der Waals surface area contributed by atoms with Crippen molar-refractivity contribution in [3.05, 3.63) is 48.6 Å². The third-order valence-corrected chi connectivity index (χ3v) is 9.20. The minimum absolute atomic E-state index is 0.0229. The highest BCUT2D eigenvalue weighted by Crippen LogP contribution is 2.43. The molecule has 1 N–H and O–H groups in total. The van der Waals surface area contributed by atoms with E-state index >= 15 is 0 Å². The van der Waals surface area contributed by atoms with Crippen LogP contribution in [-0.4, -0.2) is 74.9 Å². The van der Waals surface area contributed by atoms with Crippen LogP contribution in [0.2, 0.25) is 0 Å². The second-order valence-corrected chi connectivity index (χ2v) is 15.8. The molecule has 0 spiro atoms. The fourth-order valence-corrected chi connectivity index (χ4v) is 5.82. The lowest BCUT2D eigenvalue weighted by molar-refractivity contribution is -0.870. The molecule has 2 atom stereocenters. The summed E-state index contributed by atoms with van der Waals surface area (Å²) in [5, 5.41) is 0. The van der Waals surface area contributed by atoms with Crippen molar-refractivity contribution in [2.75, 3.05) is 47.5 Å². The van der Waals surface area contributed by atoms with Gasteiger partial charge < -0.3 is 18.9 Å². The van der Waals surface area contributed by atoms with Crippen molar-refractivity contribution in [3.63, 3.8) is 0 Å². The molecule has 0 aromatic carbocycles. The van der Waals surface area contributed by atoms with Crippen LogP contribution >= 0.6 is 7.82 Å². The Hall–Kier alpha value is -2.03. The van der Waals surface area contributed by atoms with Gasteiger partial charge in [0, 0.05) is 12.8 Å². The zero-order valence-electron chi connectivity index (χ0n) is 33.1. The van der Waals surface area contributed by atoms with Crippen molar-refractivity contribution in [1.29, 1.82) is 0 Å². The Morgan fingerprint density at radius 1 is 0.627 bits per heavy atom. The molecule has 2 unspecified atom stereocenters. The average molecular weight is 741 g/mol. The maximum Gasteiger partial charge on any atom is 0.472 e. The Balaban J connectivity index is 4.48. The molecule has 0 bridgehead atoms. The van der Waals surface area contributed by atoms with Gasteiger partial charge in [0.25, 0.3) is 0 Å². The molecule has 0 heterocycles. The predicted octanol–water partition coefficient (Wildman–Crippen LogP) is 10.7. The maximum absolute atomic E-state index is 12.6. The van der Waals surface area contributed by atoms with Gasteiger partial charge in [-0.25, -0.2) is 4.57 Å². The van der Waals surface area contributed by atoms with Crippen LogP contribution in [0.25, 0.3) is 0 Å². The number of ether oxygens (including phenoxy) is 2. The second kappa shape index (κ2) is 33.8. The summed E-state index contributed by atoms with van der Waals surface area (Å²) in [5.41, 5.74) is 0. The van der Waals surface area contributed by atoms with Crippen LogP contribution < -0.4 is 0 Å². The number of hydrogen-bond acceptors (Lipinski definition) is 7. The van der Waals surface area contributed by atoms with Gasteiger partial charge in [0.05, 0.1) is 27.7 Å². The molecule has 0 aliphatic heterocycles. The number of phosphoric ester groups is 1. The maximum atomic E-state index is 12.6. The number of carbonyl (C=O) groups excluding carboxylic acids is 2. The first-order chi connectivity index (χ1) is 24.5. The fraction of sp³-hybridized carbons (Fsp3) is 0.756. The lowest BCUT2D eigenvalue weighted by Gasteiger charge is -2.24. The summed E-state index contributed by atoms with van der Waals surface area (Å²) in [6.45, 7) is 4.22. The number of phosphoric acid groups is 1. The molecule has 0 aromatic heterocycles. The summed E-state index contributed by atoms with van der Waals surface area (Å²) in [4.78, 5) is 35.2. The highest BCUT2D eigenvalue weighted by atomic mass is 31.2. The van der Waals surface area contributed by atoms with Gasteiger partial charge in [-0.1, -0.05) is 152 Å². The molecule has 9 nitrogen and oxygen atoms in total. The monoisotopic (exact) mass is 741 g/mol. The van der Waals surface area contributed by atoms with Crippen LogP contribution in [0.5, 0.6) is 0 Å². The number of unbranched alkanes of at least 4 members (excludes halogenated alkanes) is 16. The molecule has 0 aliphatic rings. The lowest BCUT2D eigenvalue weighted by atomic mass is 10.0. The standard InChI is InChI=1S/C41H74NO8P/c1-6-8-10-12-14-16-18-20-22-23-25-27-29-31-33-40(43)47-37-39(38-49-51(45,46)48-36-35-42(3,4)5)50-41(44)34-32-30-28-26-24-21-19-17-15-13-11-9-7-2/h9,11,13,15,17,19,21,24,39H,6-8,10,12,14,16,18,20,22-23,25-38H2,1-5H3/p+1/b11-9+,15-13+,19-17+,24-21+. The molecular formula is C41H75NO8P+. The van der Waals surface area contributed by atoms with Crippen molar-refractivity contribution in [2.45, 2.75) is 155 Å². The second-order valence-electron chi connectivity index (χ2n) is 14.4. The van der Waals surface area contributed by atoms with E-state index < -0.39 is 26.5 Å². The van der Waals surface area contributed by atoms with Crippen LogP contribution in [0.3, 0.4) is 0 Å². The number of nitrogens with zero attached hydrogens (tertiary/aromatic N) is 1. The van der Waals surface area contributed by atoms with Gasteiger partial charge in [0.1, 0.15) is 19.8 Å². The Bertz CT molecular complexity index is 1020. The summed E-state index contributed by atoms with van der Waals surface area (Å²) < 4.78 is 34.1. The van der Waals surface area contributed by atoms with E-state index in [1.807, 2.05) is 57.6 Å². The van der Waals surface area contributed by atoms with Crippen LogP contribution in [0.15, 0.2) is 48.6 Å². The van der Waals surface area contributed by atoms with E-state index in [-0.39, 0.29) is 32.0 Å². The van der Waals surface area contributed by atoms with E-state index in [1.54, 1.807) is 0 Å². The van der Waals surface area contributed by atoms with E-state index in [4.69, 9.17) is 18.5 Å². The summed E-state index contributed by atoms with van der Waals surface area (Å²) in [6, 6.07) is 0. The van der Waals surface area contributed by atoms with Gasteiger partial charge in [-0.2, -0.15) is 0 Å². The summed E-state index contributed by atoms with van der Waals surface area (Å²) >= 11 is 0. The van der Waals surface area contributed by atoms with Crippen molar-refractivity contribution in [1.82, 2.24) is 0 Å². The number of hydrogen-bond donors (Lipinski definition) is 1. The van der Waals surface area contributed by atoms with Crippen molar-refractivity contribution >= 4 is 19.8 Å². The van der Waals surface area contributed by atoms with Crippen molar-refractivity contribution in [2.24, 2.45) is 0 Å². The lowest BCUT2D eigenvalue weighted by Crippen LogP contribution is -2.37. The van der Waals surface area contributed by atoms with Gasteiger partial charge in [0.15, 0.2) is 6.10 Å². The average Bonchev–Trinajstić information content (AvgIpc) is 3.07. The summed E-state index contributed by atoms with van der Waals surface area (Å²) in [7, 11) is 1.44. The summed E-state index contributed by atoms with van der Waals surface area (Å²) in [5.74, 6) is -0.846. The summed E-state index contributed by atoms with van der Waals surface area (Å²) in [6.07, 6.45) is 37.3. The number of likely N-dealkylation sites (N-methyl/N-ethyl adjacent to an activating group) is 1.